The summed E-state index contributed by atoms with van der Waals surface area (Å²) in [7, 11) is 0. The Morgan fingerprint density at radius 1 is 1.22 bits per heavy atom. The lowest BCUT2D eigenvalue weighted by molar-refractivity contribution is 0.103. The second-order valence-electron chi connectivity index (χ2n) is 6.21. The standard InChI is InChI=1S/C18H23N3OS/c1-11-10-12(2)16(21-7-4-5-8-21)13(3)15(11)20-18(22)17-14(19)6-9-23-17/h6,9-10H,4-5,7-8,19H2,1-3H3,(H,20,22). The summed E-state index contributed by atoms with van der Waals surface area (Å²) in [6, 6.07) is 3.93. The number of benzene rings is 1. The largest absolute Gasteiger partial charge is 0.397 e. The quantitative estimate of drug-likeness (QED) is 0.891. The molecule has 23 heavy (non-hydrogen) atoms. The Morgan fingerprint density at radius 3 is 2.52 bits per heavy atom. The third kappa shape index (κ3) is 2.93. The van der Waals surface area contributed by atoms with Crippen molar-refractivity contribution >= 4 is 34.3 Å². The van der Waals surface area contributed by atoms with E-state index in [1.165, 1.54) is 35.4 Å². The Morgan fingerprint density at radius 2 is 1.91 bits per heavy atom. The molecule has 4 nitrogen and oxygen atoms in total. The molecule has 0 radical (unpaired) electrons. The molecule has 3 rings (SSSR count). The van der Waals surface area contributed by atoms with Gasteiger partial charge in [0, 0.05) is 24.5 Å². The number of amides is 1. The number of rotatable bonds is 3. The number of nitrogens with two attached hydrogens (primary N) is 1. The van der Waals surface area contributed by atoms with Gasteiger partial charge in [-0.2, -0.15) is 0 Å². The maximum absolute atomic E-state index is 12.5. The van der Waals surface area contributed by atoms with Crippen LogP contribution in [-0.4, -0.2) is 19.0 Å². The minimum atomic E-state index is -0.125. The van der Waals surface area contributed by atoms with Gasteiger partial charge in [0.1, 0.15) is 4.88 Å². The normalized spacial score (nSPS) is 14.3. The van der Waals surface area contributed by atoms with Crippen molar-refractivity contribution in [2.75, 3.05) is 29.0 Å². The molecule has 0 aliphatic carbocycles. The summed E-state index contributed by atoms with van der Waals surface area (Å²) in [6.45, 7) is 8.48. The van der Waals surface area contributed by atoms with Gasteiger partial charge in [-0.15, -0.1) is 11.3 Å². The van der Waals surface area contributed by atoms with Gasteiger partial charge in [-0.3, -0.25) is 4.79 Å². The third-order valence-corrected chi connectivity index (χ3v) is 5.42. The van der Waals surface area contributed by atoms with Crippen molar-refractivity contribution in [2.45, 2.75) is 33.6 Å². The Balaban J connectivity index is 1.97. The number of anilines is 3. The number of nitrogens with zero attached hydrogens (tertiary/aromatic N) is 1. The molecule has 1 aliphatic rings. The van der Waals surface area contributed by atoms with E-state index in [2.05, 4.69) is 30.1 Å². The molecule has 1 aromatic heterocycles. The third-order valence-electron chi connectivity index (χ3n) is 4.49. The fourth-order valence-electron chi connectivity index (χ4n) is 3.47. The first kappa shape index (κ1) is 15.9. The van der Waals surface area contributed by atoms with Crippen LogP contribution < -0.4 is 16.0 Å². The van der Waals surface area contributed by atoms with Crippen LogP contribution in [0.3, 0.4) is 0 Å². The number of thiophene rings is 1. The van der Waals surface area contributed by atoms with E-state index in [-0.39, 0.29) is 5.91 Å². The van der Waals surface area contributed by atoms with Gasteiger partial charge in [-0.05, 0) is 61.7 Å². The maximum Gasteiger partial charge on any atom is 0.267 e. The molecule has 2 heterocycles. The van der Waals surface area contributed by atoms with Gasteiger partial charge in [0.05, 0.1) is 5.69 Å². The summed E-state index contributed by atoms with van der Waals surface area (Å²) < 4.78 is 0. The fraction of sp³-hybridized carbons (Fsp3) is 0.389. The van der Waals surface area contributed by atoms with E-state index in [1.54, 1.807) is 6.07 Å². The molecule has 0 bridgehead atoms. The second-order valence-corrected chi connectivity index (χ2v) is 7.13. The van der Waals surface area contributed by atoms with Crippen LogP contribution in [0.4, 0.5) is 17.1 Å². The number of carbonyl (C=O) groups excluding carboxylic acids is 1. The first-order chi connectivity index (χ1) is 11.0. The van der Waals surface area contributed by atoms with Crippen molar-refractivity contribution in [1.82, 2.24) is 0 Å². The summed E-state index contributed by atoms with van der Waals surface area (Å²) in [5.74, 6) is -0.125. The van der Waals surface area contributed by atoms with Crippen molar-refractivity contribution in [3.63, 3.8) is 0 Å². The lowest BCUT2D eigenvalue weighted by atomic mass is 10.0. The van der Waals surface area contributed by atoms with Crippen LogP contribution >= 0.6 is 11.3 Å². The van der Waals surface area contributed by atoms with Gasteiger partial charge < -0.3 is 16.0 Å². The molecular weight excluding hydrogens is 306 g/mol. The highest BCUT2D eigenvalue weighted by molar-refractivity contribution is 7.12. The summed E-state index contributed by atoms with van der Waals surface area (Å²) in [4.78, 5) is 15.5. The molecule has 0 spiro atoms. The van der Waals surface area contributed by atoms with E-state index >= 15 is 0 Å². The Kier molecular flexibility index (Phi) is 4.31. The van der Waals surface area contributed by atoms with Crippen LogP contribution in [0.1, 0.15) is 39.2 Å². The first-order valence-corrected chi connectivity index (χ1v) is 8.87. The van der Waals surface area contributed by atoms with Crippen LogP contribution in [0.15, 0.2) is 17.5 Å². The molecule has 0 unspecified atom stereocenters. The smallest absolute Gasteiger partial charge is 0.267 e. The number of hydrogen-bond donors (Lipinski definition) is 2. The molecule has 1 fully saturated rings. The minimum absolute atomic E-state index is 0.125. The average molecular weight is 329 g/mol. The monoisotopic (exact) mass is 329 g/mol. The molecule has 2 aromatic rings. The summed E-state index contributed by atoms with van der Waals surface area (Å²) in [5, 5.41) is 4.92. The molecule has 3 N–H and O–H groups in total. The van der Waals surface area contributed by atoms with Gasteiger partial charge in [-0.1, -0.05) is 6.07 Å². The molecule has 1 aromatic carbocycles. The molecular formula is C18H23N3OS. The first-order valence-electron chi connectivity index (χ1n) is 7.99. The Hall–Kier alpha value is -2.01. The van der Waals surface area contributed by atoms with E-state index in [0.29, 0.717) is 10.6 Å². The summed E-state index contributed by atoms with van der Waals surface area (Å²) in [6.07, 6.45) is 2.47. The topological polar surface area (TPSA) is 58.4 Å². The zero-order valence-electron chi connectivity index (χ0n) is 13.9. The molecule has 0 atom stereocenters. The number of nitrogens with one attached hydrogen (secondary N) is 1. The van der Waals surface area contributed by atoms with Crippen molar-refractivity contribution in [2.24, 2.45) is 0 Å². The molecule has 1 saturated heterocycles. The number of hydrogen-bond acceptors (Lipinski definition) is 4. The average Bonchev–Trinajstić information content (AvgIpc) is 3.14. The van der Waals surface area contributed by atoms with Gasteiger partial charge >= 0.3 is 0 Å². The molecule has 5 heteroatoms. The Bertz CT molecular complexity index is 745. The van der Waals surface area contributed by atoms with Gasteiger partial charge in [0.15, 0.2) is 0 Å². The van der Waals surface area contributed by atoms with E-state index < -0.39 is 0 Å². The molecule has 1 aliphatic heterocycles. The Labute approximate surface area is 141 Å². The van der Waals surface area contributed by atoms with E-state index in [0.717, 1.165) is 29.9 Å². The van der Waals surface area contributed by atoms with Crippen LogP contribution in [0.2, 0.25) is 0 Å². The molecule has 122 valence electrons. The lowest BCUT2D eigenvalue weighted by Crippen LogP contribution is -2.22. The summed E-state index contributed by atoms with van der Waals surface area (Å²) >= 11 is 1.37. The van der Waals surface area contributed by atoms with E-state index in [4.69, 9.17) is 5.73 Å². The van der Waals surface area contributed by atoms with E-state index in [1.807, 2.05) is 12.3 Å². The van der Waals surface area contributed by atoms with Crippen LogP contribution in [0.25, 0.3) is 0 Å². The maximum atomic E-state index is 12.5. The zero-order chi connectivity index (χ0) is 16.6. The highest BCUT2D eigenvalue weighted by atomic mass is 32.1. The highest BCUT2D eigenvalue weighted by Crippen LogP contribution is 2.36. The number of nitrogen functional groups attached to an aromatic ring is 1. The van der Waals surface area contributed by atoms with Gasteiger partial charge in [0.25, 0.3) is 5.91 Å². The SMILES string of the molecule is Cc1cc(C)c(N2CCCC2)c(C)c1NC(=O)c1sccc1N. The molecule has 0 saturated carbocycles. The minimum Gasteiger partial charge on any atom is -0.397 e. The lowest BCUT2D eigenvalue weighted by Gasteiger charge is -2.25. The van der Waals surface area contributed by atoms with Crippen LogP contribution in [-0.2, 0) is 0 Å². The van der Waals surface area contributed by atoms with Crippen molar-refractivity contribution < 1.29 is 4.79 Å². The van der Waals surface area contributed by atoms with Crippen LogP contribution in [0, 0.1) is 20.8 Å². The summed E-state index contributed by atoms with van der Waals surface area (Å²) in [5.41, 5.74) is 12.1. The van der Waals surface area contributed by atoms with Crippen LogP contribution in [0.5, 0.6) is 0 Å². The van der Waals surface area contributed by atoms with Gasteiger partial charge in [-0.25, -0.2) is 0 Å². The predicted molar refractivity (Wildman–Crippen MR) is 98.8 cm³/mol. The van der Waals surface area contributed by atoms with Gasteiger partial charge in [0.2, 0.25) is 0 Å². The van der Waals surface area contributed by atoms with Crippen molar-refractivity contribution in [1.29, 1.82) is 0 Å². The fourth-order valence-corrected chi connectivity index (χ4v) is 4.18. The van der Waals surface area contributed by atoms with Crippen molar-refractivity contribution in [3.05, 3.63) is 39.1 Å². The van der Waals surface area contributed by atoms with E-state index in [9.17, 15) is 4.79 Å². The second kappa shape index (κ2) is 6.24. The number of carbonyl (C=O) groups is 1. The molecule has 1 amide bonds. The number of aryl methyl sites for hydroxylation is 2. The van der Waals surface area contributed by atoms with Crippen molar-refractivity contribution in [3.8, 4) is 0 Å². The zero-order valence-corrected chi connectivity index (χ0v) is 14.7. The predicted octanol–water partition coefficient (Wildman–Crippen LogP) is 4.11. The highest BCUT2D eigenvalue weighted by Gasteiger charge is 2.21.